The Hall–Kier alpha value is -3.17. The summed E-state index contributed by atoms with van der Waals surface area (Å²) in [5.74, 6) is -0.0362. The van der Waals surface area contributed by atoms with Crippen molar-refractivity contribution in [1.82, 2.24) is 9.97 Å². The molecule has 160 valence electrons. The molecule has 0 aliphatic carbocycles. The molecular formula is C21H17ClN2O6S. The molecule has 0 fully saturated rings. The maximum atomic E-state index is 12.2. The number of carbonyl (C=O) groups is 1. The second-order valence-corrected chi connectivity index (χ2v) is 9.45. The largest absolute Gasteiger partial charge is 0.495 e. The van der Waals surface area contributed by atoms with E-state index in [1.165, 1.54) is 7.11 Å². The Bertz CT molecular complexity index is 1280. The molecule has 0 amide bonds. The normalized spacial score (nSPS) is 14.1. The first kappa shape index (κ1) is 21.1. The number of carboxylic acids is 1. The summed E-state index contributed by atoms with van der Waals surface area (Å²) >= 11 is 6.21. The molecule has 3 aromatic rings. The molecule has 31 heavy (non-hydrogen) atoms. The van der Waals surface area contributed by atoms with E-state index in [2.05, 4.69) is 9.97 Å². The van der Waals surface area contributed by atoms with Gasteiger partial charge in [-0.1, -0.05) is 23.7 Å². The van der Waals surface area contributed by atoms with Crippen LogP contribution in [0.1, 0.15) is 16.8 Å². The Labute approximate surface area is 183 Å². The van der Waals surface area contributed by atoms with Crippen LogP contribution in [-0.4, -0.2) is 36.6 Å². The average molecular weight is 461 g/mol. The number of benzene rings is 2. The Morgan fingerprint density at radius 1 is 1.13 bits per heavy atom. The van der Waals surface area contributed by atoms with Crippen LogP contribution >= 0.6 is 11.6 Å². The highest BCUT2D eigenvalue weighted by molar-refractivity contribution is 7.90. The number of methoxy groups -OCH3 is 1. The maximum absolute atomic E-state index is 12.2. The fourth-order valence-electron chi connectivity index (χ4n) is 3.23. The first-order chi connectivity index (χ1) is 14.7. The van der Waals surface area contributed by atoms with Gasteiger partial charge in [0.05, 0.1) is 41.3 Å². The predicted octanol–water partition coefficient (Wildman–Crippen LogP) is 3.65. The zero-order valence-corrected chi connectivity index (χ0v) is 17.9. The van der Waals surface area contributed by atoms with Crippen LogP contribution in [0, 0.1) is 0 Å². The van der Waals surface area contributed by atoms with Gasteiger partial charge in [0, 0.05) is 5.56 Å². The van der Waals surface area contributed by atoms with Gasteiger partial charge in [-0.3, -0.25) is 4.79 Å². The number of carboxylic acid groups (broad SMARTS) is 1. The van der Waals surface area contributed by atoms with Gasteiger partial charge in [-0.05, 0) is 35.9 Å². The number of halogens is 1. The molecule has 0 unspecified atom stereocenters. The Morgan fingerprint density at radius 3 is 2.52 bits per heavy atom. The summed E-state index contributed by atoms with van der Waals surface area (Å²) in [4.78, 5) is 19.7. The van der Waals surface area contributed by atoms with E-state index in [9.17, 15) is 13.2 Å². The first-order valence-electron chi connectivity index (χ1n) is 9.17. The number of ether oxygens (including phenoxy) is 2. The van der Waals surface area contributed by atoms with Crippen molar-refractivity contribution in [2.75, 3.05) is 7.11 Å². The monoisotopic (exact) mass is 460 g/mol. The molecule has 8 nitrogen and oxygen atoms in total. The molecule has 0 spiro atoms. The number of nitrogens with zero attached hydrogens (tertiary/aromatic N) is 2. The fraction of sp³-hybridized carbons (Fsp3) is 0.190. The second kappa shape index (κ2) is 8.16. The summed E-state index contributed by atoms with van der Waals surface area (Å²) in [5, 5.41) is 9.26. The van der Waals surface area contributed by atoms with Gasteiger partial charge in [0.25, 0.3) is 0 Å². The van der Waals surface area contributed by atoms with Crippen LogP contribution in [0.4, 0.5) is 0 Å². The van der Waals surface area contributed by atoms with Crippen LogP contribution in [0.2, 0.25) is 5.02 Å². The lowest BCUT2D eigenvalue weighted by Gasteiger charge is -2.12. The lowest BCUT2D eigenvalue weighted by Crippen LogP contribution is -2.02. The van der Waals surface area contributed by atoms with Crippen LogP contribution in [0.15, 0.2) is 42.5 Å². The highest BCUT2D eigenvalue weighted by Crippen LogP contribution is 2.36. The van der Waals surface area contributed by atoms with E-state index < -0.39 is 15.8 Å². The van der Waals surface area contributed by atoms with Crippen molar-refractivity contribution >= 4 is 27.4 Å². The predicted molar refractivity (Wildman–Crippen MR) is 113 cm³/mol. The minimum Gasteiger partial charge on any atom is -0.495 e. The number of aliphatic carboxylic acids is 1. The number of fused-ring (bicyclic) bond motifs is 1. The van der Waals surface area contributed by atoms with Gasteiger partial charge in [0.2, 0.25) is 5.88 Å². The third-order valence-corrected chi connectivity index (χ3v) is 6.42. The molecular weight excluding hydrogens is 444 g/mol. The molecule has 0 saturated heterocycles. The van der Waals surface area contributed by atoms with Gasteiger partial charge in [0.15, 0.2) is 15.7 Å². The zero-order valence-electron chi connectivity index (χ0n) is 16.3. The summed E-state index contributed by atoms with van der Waals surface area (Å²) < 4.78 is 35.5. The number of sulfone groups is 1. The Kier molecular flexibility index (Phi) is 5.55. The van der Waals surface area contributed by atoms with Crippen molar-refractivity contribution < 1.29 is 27.8 Å². The van der Waals surface area contributed by atoms with Crippen molar-refractivity contribution in [3.05, 3.63) is 64.3 Å². The molecule has 2 heterocycles. The van der Waals surface area contributed by atoms with Crippen LogP contribution in [0.5, 0.6) is 17.4 Å². The van der Waals surface area contributed by atoms with E-state index in [1.807, 2.05) is 0 Å². The van der Waals surface area contributed by atoms with E-state index in [0.29, 0.717) is 38.9 Å². The van der Waals surface area contributed by atoms with E-state index >= 15 is 0 Å². The third kappa shape index (κ3) is 4.62. The second-order valence-electron chi connectivity index (χ2n) is 6.98. The van der Waals surface area contributed by atoms with Crippen LogP contribution in [0.3, 0.4) is 0 Å². The Morgan fingerprint density at radius 2 is 1.87 bits per heavy atom. The minimum atomic E-state index is -3.35. The van der Waals surface area contributed by atoms with Gasteiger partial charge in [-0.15, -0.1) is 0 Å². The summed E-state index contributed by atoms with van der Waals surface area (Å²) in [6, 6.07) is 11.5. The molecule has 0 atom stereocenters. The van der Waals surface area contributed by atoms with E-state index in [-0.39, 0.29) is 29.6 Å². The molecule has 1 N–H and O–H groups in total. The highest BCUT2D eigenvalue weighted by Gasteiger charge is 2.31. The fourth-order valence-corrected chi connectivity index (χ4v) is 4.98. The average Bonchev–Trinajstić information content (AvgIpc) is 3.03. The molecule has 1 aliphatic heterocycles. The molecule has 10 heteroatoms. The van der Waals surface area contributed by atoms with Crippen LogP contribution in [0.25, 0.3) is 11.4 Å². The highest BCUT2D eigenvalue weighted by atomic mass is 35.5. The van der Waals surface area contributed by atoms with Crippen molar-refractivity contribution in [2.24, 2.45) is 0 Å². The van der Waals surface area contributed by atoms with Crippen LogP contribution in [-0.2, 0) is 32.6 Å². The summed E-state index contributed by atoms with van der Waals surface area (Å²) in [6.45, 7) is 0. The molecule has 0 bridgehead atoms. The molecule has 2 aromatic carbocycles. The van der Waals surface area contributed by atoms with Crippen molar-refractivity contribution in [2.45, 2.75) is 17.9 Å². The van der Waals surface area contributed by atoms with Gasteiger partial charge in [-0.2, -0.15) is 4.98 Å². The van der Waals surface area contributed by atoms with Crippen molar-refractivity contribution in [3.63, 3.8) is 0 Å². The van der Waals surface area contributed by atoms with E-state index in [0.717, 1.165) is 0 Å². The van der Waals surface area contributed by atoms with Crippen molar-refractivity contribution in [1.29, 1.82) is 0 Å². The standard InChI is InChI=1S/C21H17ClN2O6S/c1-29-18-7-4-13(9-16(18)22)20-23-17-11-31(27,28)10-15(17)21(24-20)30-14-5-2-12(3-6-14)8-19(25)26/h2-7,9H,8,10-11H2,1H3,(H,25,26). The lowest BCUT2D eigenvalue weighted by molar-refractivity contribution is -0.136. The molecule has 0 radical (unpaired) electrons. The van der Waals surface area contributed by atoms with Gasteiger partial charge < -0.3 is 14.6 Å². The third-order valence-electron chi connectivity index (χ3n) is 4.68. The summed E-state index contributed by atoms with van der Waals surface area (Å²) in [5.41, 5.74) is 2.00. The molecule has 1 aromatic heterocycles. The topological polar surface area (TPSA) is 116 Å². The molecule has 4 rings (SSSR count). The van der Waals surface area contributed by atoms with Gasteiger partial charge in [-0.25, -0.2) is 13.4 Å². The maximum Gasteiger partial charge on any atom is 0.307 e. The minimum absolute atomic E-state index is 0.107. The summed E-state index contributed by atoms with van der Waals surface area (Å²) in [7, 11) is -1.85. The van der Waals surface area contributed by atoms with Crippen molar-refractivity contribution in [3.8, 4) is 28.8 Å². The van der Waals surface area contributed by atoms with Crippen LogP contribution < -0.4 is 9.47 Å². The van der Waals surface area contributed by atoms with Gasteiger partial charge >= 0.3 is 5.97 Å². The number of hydrogen-bond acceptors (Lipinski definition) is 7. The SMILES string of the molecule is COc1ccc(-c2nc3c(c(Oc4ccc(CC(=O)O)cc4)n2)CS(=O)(=O)C3)cc1Cl. The number of rotatable bonds is 6. The van der Waals surface area contributed by atoms with Gasteiger partial charge in [0.1, 0.15) is 11.5 Å². The first-order valence-corrected chi connectivity index (χ1v) is 11.4. The van der Waals surface area contributed by atoms with E-state index in [4.69, 9.17) is 26.2 Å². The molecule has 1 aliphatic rings. The Balaban J connectivity index is 1.73. The number of aromatic nitrogens is 2. The summed E-state index contributed by atoms with van der Waals surface area (Å²) in [6.07, 6.45) is -0.107. The quantitative estimate of drug-likeness (QED) is 0.592. The zero-order chi connectivity index (χ0) is 22.2. The number of hydrogen-bond donors (Lipinski definition) is 1. The smallest absolute Gasteiger partial charge is 0.307 e. The lowest BCUT2D eigenvalue weighted by atomic mass is 10.1. The molecule has 0 saturated carbocycles. The van der Waals surface area contributed by atoms with E-state index in [1.54, 1.807) is 42.5 Å².